The summed E-state index contributed by atoms with van der Waals surface area (Å²) in [6.07, 6.45) is 5.72. The van der Waals surface area contributed by atoms with E-state index in [0.29, 0.717) is 13.2 Å². The predicted octanol–water partition coefficient (Wildman–Crippen LogP) is 1.80. The van der Waals surface area contributed by atoms with Gasteiger partial charge in [-0.2, -0.15) is 0 Å². The van der Waals surface area contributed by atoms with Crippen molar-refractivity contribution in [3.8, 4) is 0 Å². The van der Waals surface area contributed by atoms with E-state index in [1.165, 1.54) is 6.20 Å². The summed E-state index contributed by atoms with van der Waals surface area (Å²) in [7, 11) is 0. The number of ether oxygens (including phenoxy) is 2. The molecule has 0 aliphatic carbocycles. The fourth-order valence-electron chi connectivity index (χ4n) is 1.18. The Bertz CT molecular complexity index is 205. The minimum absolute atomic E-state index is 0.136. The summed E-state index contributed by atoms with van der Waals surface area (Å²) in [5.74, 6) is 0. The van der Waals surface area contributed by atoms with E-state index in [1.807, 2.05) is 19.9 Å². The molecule has 2 N–H and O–H groups in total. The Kier molecular flexibility index (Phi) is 10.8. The zero-order valence-corrected chi connectivity index (χ0v) is 10.7. The zero-order chi connectivity index (χ0) is 12.2. The average Bonchev–Trinajstić information content (AvgIpc) is 2.23. The highest BCUT2D eigenvalue weighted by atomic mass is 32.2. The standard InChI is InChI=1S/C10H21NO4S/c1-3-14-10(15-4-2)8-6-5-7-9-11-16(12)13/h7,9-11H,3-6,8H2,1-2H3,(H,12,13). The summed E-state index contributed by atoms with van der Waals surface area (Å²) < 4.78 is 31.6. The van der Waals surface area contributed by atoms with E-state index in [9.17, 15) is 4.21 Å². The number of allylic oxidation sites excluding steroid dienone is 1. The van der Waals surface area contributed by atoms with Crippen molar-refractivity contribution in [2.24, 2.45) is 0 Å². The molecule has 6 heteroatoms. The Morgan fingerprint density at radius 3 is 2.50 bits per heavy atom. The van der Waals surface area contributed by atoms with Crippen molar-refractivity contribution in [3.05, 3.63) is 12.3 Å². The molecule has 0 aromatic rings. The second-order valence-corrected chi connectivity index (χ2v) is 3.77. The lowest BCUT2D eigenvalue weighted by Crippen LogP contribution is -2.17. The molecule has 1 unspecified atom stereocenters. The Morgan fingerprint density at radius 1 is 1.38 bits per heavy atom. The molecule has 0 aromatic carbocycles. The van der Waals surface area contributed by atoms with Gasteiger partial charge in [-0.15, -0.1) is 0 Å². The van der Waals surface area contributed by atoms with Gasteiger partial charge in [-0.05, 0) is 33.1 Å². The third-order valence-electron chi connectivity index (χ3n) is 1.80. The van der Waals surface area contributed by atoms with Crippen LogP contribution < -0.4 is 4.72 Å². The van der Waals surface area contributed by atoms with Gasteiger partial charge >= 0.3 is 0 Å². The van der Waals surface area contributed by atoms with Gasteiger partial charge in [0.05, 0.1) is 0 Å². The predicted molar refractivity (Wildman–Crippen MR) is 63.9 cm³/mol. The van der Waals surface area contributed by atoms with Crippen molar-refractivity contribution in [3.63, 3.8) is 0 Å². The number of nitrogens with one attached hydrogen (secondary N) is 1. The van der Waals surface area contributed by atoms with Gasteiger partial charge in [0.1, 0.15) is 0 Å². The third-order valence-corrected chi connectivity index (χ3v) is 2.14. The summed E-state index contributed by atoms with van der Waals surface area (Å²) in [6.45, 7) is 5.16. The lowest BCUT2D eigenvalue weighted by atomic mass is 10.2. The van der Waals surface area contributed by atoms with Crippen LogP contribution in [-0.2, 0) is 20.7 Å². The van der Waals surface area contributed by atoms with Crippen molar-refractivity contribution in [2.75, 3.05) is 13.2 Å². The Balaban J connectivity index is 3.53. The average molecular weight is 251 g/mol. The van der Waals surface area contributed by atoms with E-state index in [0.717, 1.165) is 19.3 Å². The highest BCUT2D eigenvalue weighted by Crippen LogP contribution is 2.07. The highest BCUT2D eigenvalue weighted by Gasteiger charge is 2.05. The fraction of sp³-hybridized carbons (Fsp3) is 0.800. The Morgan fingerprint density at radius 2 is 2.00 bits per heavy atom. The molecule has 16 heavy (non-hydrogen) atoms. The van der Waals surface area contributed by atoms with Crippen molar-refractivity contribution >= 4 is 11.3 Å². The summed E-state index contributed by atoms with van der Waals surface area (Å²) in [4.78, 5) is 0. The van der Waals surface area contributed by atoms with Gasteiger partial charge < -0.3 is 9.47 Å². The van der Waals surface area contributed by atoms with Crippen LogP contribution in [0.25, 0.3) is 0 Å². The van der Waals surface area contributed by atoms with Gasteiger partial charge in [-0.25, -0.2) is 4.21 Å². The van der Waals surface area contributed by atoms with Crippen molar-refractivity contribution < 1.29 is 18.2 Å². The quantitative estimate of drug-likeness (QED) is 0.353. The second kappa shape index (κ2) is 11.1. The van der Waals surface area contributed by atoms with Crippen LogP contribution in [0.5, 0.6) is 0 Å². The van der Waals surface area contributed by atoms with E-state index in [4.69, 9.17) is 14.0 Å². The van der Waals surface area contributed by atoms with Gasteiger partial charge in [-0.3, -0.25) is 9.27 Å². The maximum Gasteiger partial charge on any atom is 0.258 e. The molecule has 0 heterocycles. The van der Waals surface area contributed by atoms with Crippen LogP contribution in [0.2, 0.25) is 0 Å². The largest absolute Gasteiger partial charge is 0.353 e. The van der Waals surface area contributed by atoms with Gasteiger partial charge in [0, 0.05) is 19.4 Å². The first-order valence-electron chi connectivity index (χ1n) is 5.45. The minimum atomic E-state index is -1.97. The molecule has 0 spiro atoms. The molecular weight excluding hydrogens is 230 g/mol. The number of rotatable bonds is 10. The van der Waals surface area contributed by atoms with E-state index in [1.54, 1.807) is 0 Å². The monoisotopic (exact) mass is 251 g/mol. The van der Waals surface area contributed by atoms with Crippen molar-refractivity contribution in [1.29, 1.82) is 0 Å². The normalized spacial score (nSPS) is 13.5. The summed E-state index contributed by atoms with van der Waals surface area (Å²) in [5, 5.41) is 0. The van der Waals surface area contributed by atoms with Gasteiger partial charge in [0.2, 0.25) is 0 Å². The lowest BCUT2D eigenvalue weighted by molar-refractivity contribution is -0.139. The van der Waals surface area contributed by atoms with E-state index >= 15 is 0 Å². The number of unbranched alkanes of at least 4 members (excludes halogenated alkanes) is 1. The SMILES string of the molecule is CCOC(CCCC=CNS(=O)O)OCC. The van der Waals surface area contributed by atoms with Crippen molar-refractivity contribution in [2.45, 2.75) is 39.4 Å². The van der Waals surface area contributed by atoms with Crippen LogP contribution >= 0.6 is 0 Å². The molecule has 0 aliphatic rings. The van der Waals surface area contributed by atoms with E-state index in [-0.39, 0.29) is 6.29 Å². The summed E-state index contributed by atoms with van der Waals surface area (Å²) in [6, 6.07) is 0. The second-order valence-electron chi connectivity index (χ2n) is 3.04. The number of hydrogen-bond acceptors (Lipinski definition) is 3. The van der Waals surface area contributed by atoms with Crippen LogP contribution in [-0.4, -0.2) is 28.3 Å². The lowest BCUT2D eigenvalue weighted by Gasteiger charge is -2.15. The number of hydrogen-bond donors (Lipinski definition) is 2. The molecule has 0 radical (unpaired) electrons. The van der Waals surface area contributed by atoms with Crippen LogP contribution in [0.15, 0.2) is 12.3 Å². The molecule has 0 fully saturated rings. The molecule has 0 aliphatic heterocycles. The smallest absolute Gasteiger partial charge is 0.258 e. The Labute approximate surface area is 99.6 Å². The topological polar surface area (TPSA) is 67.8 Å². The first kappa shape index (κ1) is 15.6. The molecule has 0 rings (SSSR count). The van der Waals surface area contributed by atoms with Crippen LogP contribution in [0.3, 0.4) is 0 Å². The summed E-state index contributed by atoms with van der Waals surface area (Å²) in [5.41, 5.74) is 0. The third kappa shape index (κ3) is 10.1. The first-order valence-corrected chi connectivity index (χ1v) is 6.56. The highest BCUT2D eigenvalue weighted by molar-refractivity contribution is 7.77. The zero-order valence-electron chi connectivity index (χ0n) is 9.85. The maximum absolute atomic E-state index is 10.2. The molecule has 96 valence electrons. The van der Waals surface area contributed by atoms with E-state index < -0.39 is 11.3 Å². The van der Waals surface area contributed by atoms with Crippen molar-refractivity contribution in [1.82, 2.24) is 4.72 Å². The molecule has 5 nitrogen and oxygen atoms in total. The summed E-state index contributed by atoms with van der Waals surface area (Å²) >= 11 is -1.97. The first-order chi connectivity index (χ1) is 7.70. The van der Waals surface area contributed by atoms with Gasteiger partial charge in [-0.1, -0.05) is 6.08 Å². The molecule has 0 aromatic heterocycles. The van der Waals surface area contributed by atoms with E-state index in [2.05, 4.69) is 4.72 Å². The molecule has 0 amide bonds. The van der Waals surface area contributed by atoms with Gasteiger partial charge in [0.15, 0.2) is 6.29 Å². The maximum atomic E-state index is 10.2. The Hall–Kier alpha value is -0.430. The van der Waals surface area contributed by atoms with Crippen LogP contribution in [0, 0.1) is 0 Å². The minimum Gasteiger partial charge on any atom is -0.353 e. The molecule has 0 bridgehead atoms. The van der Waals surface area contributed by atoms with Crippen LogP contribution in [0.1, 0.15) is 33.1 Å². The fourth-order valence-corrected chi connectivity index (χ4v) is 1.39. The molecule has 0 saturated carbocycles. The van der Waals surface area contributed by atoms with Gasteiger partial charge in [0.25, 0.3) is 11.3 Å². The van der Waals surface area contributed by atoms with Crippen LogP contribution in [0.4, 0.5) is 0 Å². The molecule has 0 saturated heterocycles. The molecular formula is C10H21NO4S. The molecule has 1 atom stereocenters.